The SMILES string of the molecule is CCc1c(C(=O)Nc2ccc(Cn3cncn3)cc2)cnn1-c1ccc(F)cc1. The lowest BCUT2D eigenvalue weighted by Gasteiger charge is -2.09. The number of carbonyl (C=O) groups excluding carboxylic acids is 1. The summed E-state index contributed by atoms with van der Waals surface area (Å²) in [5, 5.41) is 11.3. The molecule has 1 amide bonds. The summed E-state index contributed by atoms with van der Waals surface area (Å²) in [4.78, 5) is 16.7. The minimum atomic E-state index is -0.316. The molecule has 2 aromatic heterocycles. The van der Waals surface area contributed by atoms with Crippen molar-refractivity contribution in [2.45, 2.75) is 19.9 Å². The van der Waals surface area contributed by atoms with Gasteiger partial charge >= 0.3 is 0 Å². The average Bonchev–Trinajstić information content (AvgIpc) is 3.39. The van der Waals surface area contributed by atoms with Crippen molar-refractivity contribution in [1.82, 2.24) is 24.5 Å². The Morgan fingerprint density at radius 1 is 1.07 bits per heavy atom. The Bertz CT molecular complexity index is 1100. The molecule has 0 bridgehead atoms. The first-order valence-electron chi connectivity index (χ1n) is 9.19. The van der Waals surface area contributed by atoms with Gasteiger partial charge in [-0.1, -0.05) is 19.1 Å². The zero-order valence-corrected chi connectivity index (χ0v) is 15.8. The molecule has 0 saturated heterocycles. The van der Waals surface area contributed by atoms with Gasteiger partial charge in [0.15, 0.2) is 0 Å². The summed E-state index contributed by atoms with van der Waals surface area (Å²) in [6, 6.07) is 13.6. The van der Waals surface area contributed by atoms with Crippen molar-refractivity contribution in [2.24, 2.45) is 0 Å². The summed E-state index contributed by atoms with van der Waals surface area (Å²) in [6.45, 7) is 2.56. The highest BCUT2D eigenvalue weighted by atomic mass is 19.1. The van der Waals surface area contributed by atoms with Crippen LogP contribution in [0.15, 0.2) is 67.4 Å². The van der Waals surface area contributed by atoms with E-state index in [1.165, 1.54) is 24.7 Å². The molecule has 2 heterocycles. The highest BCUT2D eigenvalue weighted by Crippen LogP contribution is 2.18. The standard InChI is InChI=1S/C21H19FN6O/c1-2-20-19(11-24-28(20)18-9-5-16(22)6-10-18)21(29)26-17-7-3-15(4-8-17)12-27-14-23-13-25-27/h3-11,13-14H,2,12H2,1H3,(H,26,29). The van der Waals surface area contributed by atoms with Crippen LogP contribution in [0.3, 0.4) is 0 Å². The Balaban J connectivity index is 1.50. The third kappa shape index (κ3) is 4.06. The summed E-state index contributed by atoms with van der Waals surface area (Å²) in [6.07, 6.45) is 5.29. The van der Waals surface area contributed by atoms with Gasteiger partial charge in [-0.25, -0.2) is 18.7 Å². The normalized spacial score (nSPS) is 10.8. The van der Waals surface area contributed by atoms with Crippen LogP contribution < -0.4 is 5.32 Å². The topological polar surface area (TPSA) is 77.6 Å². The van der Waals surface area contributed by atoms with E-state index in [0.717, 1.165) is 11.3 Å². The van der Waals surface area contributed by atoms with Crippen molar-refractivity contribution in [1.29, 1.82) is 0 Å². The van der Waals surface area contributed by atoms with E-state index >= 15 is 0 Å². The van der Waals surface area contributed by atoms with Gasteiger partial charge in [-0.2, -0.15) is 10.2 Å². The quantitative estimate of drug-likeness (QED) is 0.547. The number of benzene rings is 2. The van der Waals surface area contributed by atoms with Gasteiger partial charge in [0.05, 0.1) is 29.7 Å². The molecule has 0 aliphatic carbocycles. The third-order valence-corrected chi connectivity index (χ3v) is 4.54. The number of hydrogen-bond donors (Lipinski definition) is 1. The fraction of sp³-hybridized carbons (Fsp3) is 0.143. The lowest BCUT2D eigenvalue weighted by Crippen LogP contribution is -2.14. The van der Waals surface area contributed by atoms with Crippen LogP contribution >= 0.6 is 0 Å². The first kappa shape index (κ1) is 18.5. The summed E-state index contributed by atoms with van der Waals surface area (Å²) in [7, 11) is 0. The monoisotopic (exact) mass is 390 g/mol. The van der Waals surface area contributed by atoms with Crippen molar-refractivity contribution < 1.29 is 9.18 Å². The fourth-order valence-electron chi connectivity index (χ4n) is 3.10. The lowest BCUT2D eigenvalue weighted by molar-refractivity contribution is 0.102. The molecule has 0 spiro atoms. The Kier molecular flexibility index (Phi) is 5.15. The van der Waals surface area contributed by atoms with Crippen molar-refractivity contribution >= 4 is 11.6 Å². The Hall–Kier alpha value is -3.81. The predicted octanol–water partition coefficient (Wildman–Crippen LogP) is 3.47. The summed E-state index contributed by atoms with van der Waals surface area (Å²) in [5.74, 6) is -0.552. The van der Waals surface area contributed by atoms with Gasteiger partial charge in [-0.05, 0) is 48.4 Å². The van der Waals surface area contributed by atoms with Gasteiger partial charge in [0.25, 0.3) is 5.91 Å². The number of nitrogens with zero attached hydrogens (tertiary/aromatic N) is 5. The molecular weight excluding hydrogens is 371 g/mol. The molecule has 146 valence electrons. The number of anilines is 1. The molecule has 29 heavy (non-hydrogen) atoms. The van der Waals surface area contributed by atoms with Crippen LogP contribution in [-0.4, -0.2) is 30.5 Å². The number of amides is 1. The second-order valence-electron chi connectivity index (χ2n) is 6.49. The predicted molar refractivity (Wildman–Crippen MR) is 106 cm³/mol. The molecule has 0 unspecified atom stereocenters. The summed E-state index contributed by atoms with van der Waals surface area (Å²) in [5.41, 5.74) is 3.70. The van der Waals surface area contributed by atoms with E-state index in [-0.39, 0.29) is 11.7 Å². The highest BCUT2D eigenvalue weighted by molar-refractivity contribution is 6.05. The lowest BCUT2D eigenvalue weighted by atomic mass is 10.1. The van der Waals surface area contributed by atoms with Crippen LogP contribution in [0.5, 0.6) is 0 Å². The van der Waals surface area contributed by atoms with E-state index in [9.17, 15) is 9.18 Å². The molecular formula is C21H19FN6O. The highest BCUT2D eigenvalue weighted by Gasteiger charge is 2.17. The van der Waals surface area contributed by atoms with Gasteiger partial charge in [-0.15, -0.1) is 0 Å². The first-order chi connectivity index (χ1) is 14.1. The van der Waals surface area contributed by atoms with E-state index < -0.39 is 0 Å². The molecule has 7 nitrogen and oxygen atoms in total. The molecule has 8 heteroatoms. The zero-order chi connectivity index (χ0) is 20.2. The van der Waals surface area contributed by atoms with E-state index in [1.54, 1.807) is 27.8 Å². The number of rotatable bonds is 6. The van der Waals surface area contributed by atoms with Crippen LogP contribution in [0.1, 0.15) is 28.5 Å². The van der Waals surface area contributed by atoms with Gasteiger partial charge in [0.2, 0.25) is 0 Å². The molecule has 2 aromatic carbocycles. The van der Waals surface area contributed by atoms with Crippen LogP contribution in [0.4, 0.5) is 10.1 Å². The number of nitrogens with one attached hydrogen (secondary N) is 1. The van der Waals surface area contributed by atoms with Crippen LogP contribution in [0.2, 0.25) is 0 Å². The van der Waals surface area contributed by atoms with E-state index in [1.807, 2.05) is 31.2 Å². The van der Waals surface area contributed by atoms with E-state index in [2.05, 4.69) is 20.5 Å². The second kappa shape index (κ2) is 8.05. The number of halogens is 1. The van der Waals surface area contributed by atoms with Crippen molar-refractivity contribution in [3.8, 4) is 5.69 Å². The van der Waals surface area contributed by atoms with Crippen molar-refractivity contribution in [2.75, 3.05) is 5.32 Å². The molecule has 0 aliphatic heterocycles. The van der Waals surface area contributed by atoms with Crippen LogP contribution in [0.25, 0.3) is 5.69 Å². The largest absolute Gasteiger partial charge is 0.322 e. The van der Waals surface area contributed by atoms with E-state index in [4.69, 9.17) is 0 Å². The summed E-state index contributed by atoms with van der Waals surface area (Å²) >= 11 is 0. The number of carbonyl (C=O) groups is 1. The minimum absolute atomic E-state index is 0.237. The van der Waals surface area contributed by atoms with E-state index in [0.29, 0.717) is 29.9 Å². The third-order valence-electron chi connectivity index (χ3n) is 4.54. The zero-order valence-electron chi connectivity index (χ0n) is 15.8. The van der Waals surface area contributed by atoms with Gasteiger partial charge in [0.1, 0.15) is 18.5 Å². The molecule has 4 aromatic rings. The van der Waals surface area contributed by atoms with Gasteiger partial charge in [0, 0.05) is 5.69 Å². The van der Waals surface area contributed by atoms with Crippen molar-refractivity contribution in [3.05, 3.63) is 90.0 Å². The molecule has 1 N–H and O–H groups in total. The maximum Gasteiger partial charge on any atom is 0.259 e. The molecule has 0 saturated carbocycles. The molecule has 0 radical (unpaired) electrons. The maximum absolute atomic E-state index is 13.2. The number of hydrogen-bond acceptors (Lipinski definition) is 4. The first-order valence-corrected chi connectivity index (χ1v) is 9.19. The van der Waals surface area contributed by atoms with Crippen LogP contribution in [-0.2, 0) is 13.0 Å². The Morgan fingerprint density at radius 3 is 2.48 bits per heavy atom. The Labute approximate surface area is 166 Å². The fourth-order valence-corrected chi connectivity index (χ4v) is 3.10. The molecule has 0 atom stereocenters. The molecule has 0 aliphatic rings. The molecule has 4 rings (SSSR count). The second-order valence-corrected chi connectivity index (χ2v) is 6.49. The minimum Gasteiger partial charge on any atom is -0.322 e. The van der Waals surface area contributed by atoms with Gasteiger partial charge in [-0.3, -0.25) is 4.79 Å². The van der Waals surface area contributed by atoms with Gasteiger partial charge < -0.3 is 5.32 Å². The maximum atomic E-state index is 13.2. The number of aromatic nitrogens is 5. The smallest absolute Gasteiger partial charge is 0.259 e. The molecule has 0 fully saturated rings. The van der Waals surface area contributed by atoms with Crippen molar-refractivity contribution in [3.63, 3.8) is 0 Å². The summed E-state index contributed by atoms with van der Waals surface area (Å²) < 4.78 is 16.6. The van der Waals surface area contributed by atoms with Crippen LogP contribution in [0, 0.1) is 5.82 Å². The average molecular weight is 390 g/mol. The Morgan fingerprint density at radius 2 is 1.83 bits per heavy atom.